The molecule has 2 nitrogen and oxygen atoms in total. The zero-order chi connectivity index (χ0) is 36.9. The van der Waals surface area contributed by atoms with Gasteiger partial charge in [-0.3, -0.25) is 0 Å². The van der Waals surface area contributed by atoms with Gasteiger partial charge in [-0.1, -0.05) is 225 Å². The average molecular weight is 709 g/mol. The molecule has 3 heteroatoms. The molecule has 0 atom stereocenters. The van der Waals surface area contributed by atoms with Crippen molar-refractivity contribution in [3.8, 4) is 0 Å². The molecule has 0 aromatic heterocycles. The molecular weight excluding hydrogens is 619 g/mol. The van der Waals surface area contributed by atoms with Crippen LogP contribution in [0.25, 0.3) is 0 Å². The van der Waals surface area contributed by atoms with E-state index in [0.29, 0.717) is 0 Å². The molecule has 0 unspecified atom stereocenters. The van der Waals surface area contributed by atoms with Crippen molar-refractivity contribution in [2.75, 3.05) is 0 Å². The van der Waals surface area contributed by atoms with Crippen LogP contribution in [-0.4, -0.2) is 18.3 Å². The highest BCUT2D eigenvalue weighted by Crippen LogP contribution is 2.36. The molecule has 0 aliphatic carbocycles. The topological polar surface area (TPSA) is 18.5 Å². The molecule has 2 rings (SSSR count). The smallest absolute Gasteiger partial charge is 0.399 e. The Kier molecular flexibility index (Phi) is 26.9. The second-order valence-corrected chi connectivity index (χ2v) is 17.8. The number of unbranched alkanes of at least 4 members (excludes halogenated alkanes) is 30. The summed E-state index contributed by atoms with van der Waals surface area (Å²) in [6.45, 7) is 13.3. The molecule has 1 aromatic carbocycles. The first-order valence-corrected chi connectivity index (χ1v) is 23.3. The number of rotatable bonds is 35. The quantitative estimate of drug-likeness (QED) is 0.0516. The van der Waals surface area contributed by atoms with Crippen molar-refractivity contribution in [3.05, 3.63) is 29.3 Å². The minimum Gasteiger partial charge on any atom is -0.399 e. The van der Waals surface area contributed by atoms with Gasteiger partial charge in [-0.15, -0.1) is 0 Å². The Balaban J connectivity index is 1.62. The Morgan fingerprint density at radius 2 is 0.588 bits per heavy atom. The first-order chi connectivity index (χ1) is 24.8. The number of aryl methyl sites for hydroxylation is 2. The van der Waals surface area contributed by atoms with Crippen LogP contribution in [0.15, 0.2) is 18.2 Å². The van der Waals surface area contributed by atoms with Gasteiger partial charge in [0.1, 0.15) is 0 Å². The highest BCUT2D eigenvalue weighted by molar-refractivity contribution is 6.62. The molecule has 1 fully saturated rings. The van der Waals surface area contributed by atoms with Gasteiger partial charge in [0, 0.05) is 0 Å². The average Bonchev–Trinajstić information content (AvgIpc) is 3.33. The summed E-state index contributed by atoms with van der Waals surface area (Å²) >= 11 is 0. The fourth-order valence-electron chi connectivity index (χ4n) is 7.95. The van der Waals surface area contributed by atoms with Crippen LogP contribution in [0.2, 0.25) is 0 Å². The van der Waals surface area contributed by atoms with E-state index in [1.807, 2.05) is 0 Å². The molecule has 1 aromatic rings. The summed E-state index contributed by atoms with van der Waals surface area (Å²) < 4.78 is 13.0. The third-order valence-corrected chi connectivity index (χ3v) is 12.2. The Bertz CT molecular complexity index is 869. The van der Waals surface area contributed by atoms with Crippen LogP contribution >= 0.6 is 0 Å². The SMILES string of the molecule is CCCCCCCCCCCCCCCCCCc1cc(CCCCCCCCCCCCCCCCCC)cc(B2OC(C)(C)C(C)(C)O2)c1. The molecule has 0 spiro atoms. The Morgan fingerprint density at radius 3 is 0.843 bits per heavy atom. The summed E-state index contributed by atoms with van der Waals surface area (Å²) in [4.78, 5) is 0. The van der Waals surface area contributed by atoms with Crippen molar-refractivity contribution in [2.45, 2.75) is 271 Å². The summed E-state index contributed by atoms with van der Waals surface area (Å²) in [5.74, 6) is 0. The van der Waals surface area contributed by atoms with E-state index in [2.05, 4.69) is 59.7 Å². The molecule has 0 amide bonds. The first-order valence-electron chi connectivity index (χ1n) is 23.3. The van der Waals surface area contributed by atoms with Crippen molar-refractivity contribution < 1.29 is 9.31 Å². The van der Waals surface area contributed by atoms with Crippen LogP contribution < -0.4 is 5.46 Å². The zero-order valence-corrected chi connectivity index (χ0v) is 35.7. The van der Waals surface area contributed by atoms with Crippen LogP contribution in [0.5, 0.6) is 0 Å². The molecule has 0 N–H and O–H groups in total. The van der Waals surface area contributed by atoms with E-state index in [0.717, 1.165) is 0 Å². The Morgan fingerprint density at radius 1 is 0.353 bits per heavy atom. The van der Waals surface area contributed by atoms with Crippen molar-refractivity contribution in [1.29, 1.82) is 0 Å². The van der Waals surface area contributed by atoms with Crippen molar-refractivity contribution in [3.63, 3.8) is 0 Å². The van der Waals surface area contributed by atoms with Crippen LogP contribution in [0.4, 0.5) is 0 Å². The standard InChI is InChI=1S/C48H89BO2/c1-7-9-11-13-15-17-19-21-23-25-27-29-31-33-35-37-39-44-41-45(43-46(42-44)49-50-47(3,4)48(5,6)51-49)40-38-36-34-32-30-28-26-24-22-20-18-16-14-12-10-8-2/h41-43H,7-40H2,1-6H3. The lowest BCUT2D eigenvalue weighted by Crippen LogP contribution is -2.41. The molecule has 1 saturated heterocycles. The molecule has 0 saturated carbocycles. The summed E-state index contributed by atoms with van der Waals surface area (Å²) in [5.41, 5.74) is 3.61. The molecule has 51 heavy (non-hydrogen) atoms. The van der Waals surface area contributed by atoms with Crippen LogP contribution in [0, 0.1) is 0 Å². The second kappa shape index (κ2) is 29.5. The molecule has 296 valence electrons. The van der Waals surface area contributed by atoms with Crippen molar-refractivity contribution >= 4 is 12.6 Å². The highest BCUT2D eigenvalue weighted by Gasteiger charge is 2.51. The summed E-state index contributed by atoms with van der Waals surface area (Å²) in [7, 11) is -0.259. The molecule has 0 bridgehead atoms. The van der Waals surface area contributed by atoms with Gasteiger partial charge in [0.15, 0.2) is 0 Å². The number of hydrogen-bond acceptors (Lipinski definition) is 2. The van der Waals surface area contributed by atoms with Gasteiger partial charge in [-0.05, 0) is 70.0 Å². The van der Waals surface area contributed by atoms with Gasteiger partial charge in [-0.2, -0.15) is 0 Å². The normalized spacial score (nSPS) is 15.3. The van der Waals surface area contributed by atoms with Gasteiger partial charge in [0.05, 0.1) is 11.2 Å². The fraction of sp³-hybridized carbons (Fsp3) is 0.875. The van der Waals surface area contributed by atoms with Gasteiger partial charge >= 0.3 is 7.12 Å². The maximum Gasteiger partial charge on any atom is 0.494 e. The molecule has 1 aliphatic rings. The number of benzene rings is 1. The second-order valence-electron chi connectivity index (χ2n) is 17.8. The Hall–Kier alpha value is -0.795. The summed E-state index contributed by atoms with van der Waals surface area (Å²) in [6, 6.07) is 7.29. The highest BCUT2D eigenvalue weighted by atomic mass is 16.7. The fourth-order valence-corrected chi connectivity index (χ4v) is 7.95. The van der Waals surface area contributed by atoms with Crippen molar-refractivity contribution in [1.82, 2.24) is 0 Å². The maximum atomic E-state index is 6.51. The maximum absolute atomic E-state index is 6.51. The lowest BCUT2D eigenvalue weighted by Gasteiger charge is -2.32. The summed E-state index contributed by atoms with van der Waals surface area (Å²) in [5, 5.41) is 0. The third-order valence-electron chi connectivity index (χ3n) is 12.2. The number of hydrogen-bond donors (Lipinski definition) is 0. The van der Waals surface area contributed by atoms with Crippen molar-refractivity contribution in [2.24, 2.45) is 0 Å². The molecule has 1 aliphatic heterocycles. The van der Waals surface area contributed by atoms with E-state index < -0.39 is 0 Å². The summed E-state index contributed by atoms with van der Waals surface area (Å²) in [6.07, 6.45) is 47.9. The van der Waals surface area contributed by atoms with Crippen LogP contribution in [-0.2, 0) is 22.2 Å². The molecule has 0 radical (unpaired) electrons. The molecular formula is C48H89BO2. The van der Waals surface area contributed by atoms with Gasteiger partial charge in [-0.25, -0.2) is 0 Å². The van der Waals surface area contributed by atoms with Crippen LogP contribution in [0.3, 0.4) is 0 Å². The van der Waals surface area contributed by atoms with Gasteiger partial charge in [0.25, 0.3) is 0 Å². The predicted octanol–water partition coefficient (Wildman–Crippen LogP) is 15.6. The van der Waals surface area contributed by atoms with E-state index in [1.54, 1.807) is 0 Å². The lowest BCUT2D eigenvalue weighted by atomic mass is 9.76. The van der Waals surface area contributed by atoms with E-state index >= 15 is 0 Å². The lowest BCUT2D eigenvalue weighted by molar-refractivity contribution is 0.00578. The van der Waals surface area contributed by atoms with E-state index in [1.165, 1.54) is 235 Å². The first kappa shape index (κ1) is 46.4. The minimum absolute atomic E-state index is 0.259. The molecule has 1 heterocycles. The van der Waals surface area contributed by atoms with E-state index in [4.69, 9.17) is 9.31 Å². The monoisotopic (exact) mass is 709 g/mol. The minimum atomic E-state index is -0.296. The van der Waals surface area contributed by atoms with E-state index in [9.17, 15) is 0 Å². The van der Waals surface area contributed by atoms with E-state index in [-0.39, 0.29) is 18.3 Å². The Labute approximate surface area is 321 Å². The zero-order valence-electron chi connectivity index (χ0n) is 35.7. The third kappa shape index (κ3) is 22.2. The largest absolute Gasteiger partial charge is 0.494 e. The predicted molar refractivity (Wildman–Crippen MR) is 229 cm³/mol. The van der Waals surface area contributed by atoms with Crippen LogP contribution in [0.1, 0.15) is 258 Å². The van der Waals surface area contributed by atoms with Gasteiger partial charge < -0.3 is 9.31 Å². The van der Waals surface area contributed by atoms with Gasteiger partial charge in [0.2, 0.25) is 0 Å².